The molecule has 0 aliphatic carbocycles. The molecule has 20 heavy (non-hydrogen) atoms. The maximum atomic E-state index is 12.6. The highest BCUT2D eigenvalue weighted by atomic mass is 19.4. The van der Waals surface area contributed by atoms with Crippen LogP contribution in [0.3, 0.4) is 0 Å². The topological polar surface area (TPSA) is 35.5 Å². The van der Waals surface area contributed by atoms with Crippen molar-refractivity contribution in [1.29, 1.82) is 0 Å². The minimum atomic E-state index is -4.33. The lowest BCUT2D eigenvalue weighted by Crippen LogP contribution is -2.45. The Kier molecular flexibility index (Phi) is 5.56. The molecule has 0 radical (unpaired) electrons. The fourth-order valence-electron chi connectivity index (χ4n) is 2.07. The second kappa shape index (κ2) is 6.56. The Hall–Kier alpha value is -1.11. The fraction of sp³-hybridized carbons (Fsp3) is 0.571. The van der Waals surface area contributed by atoms with Crippen molar-refractivity contribution < 1.29 is 18.3 Å². The third kappa shape index (κ3) is 5.90. The Balaban J connectivity index is 2.54. The third-order valence-electron chi connectivity index (χ3n) is 2.75. The zero-order valence-electron chi connectivity index (χ0n) is 12.0. The van der Waals surface area contributed by atoms with Crippen LogP contribution in [0.1, 0.15) is 18.1 Å². The molecule has 1 aromatic carbocycles. The number of likely N-dealkylation sites (N-methyl/N-ethyl adjacent to an activating group) is 1. The van der Waals surface area contributed by atoms with Crippen molar-refractivity contribution in [3.05, 3.63) is 35.4 Å². The van der Waals surface area contributed by atoms with E-state index < -0.39 is 17.3 Å². The normalized spacial score (nSPS) is 15.4. The molecule has 0 bridgehead atoms. The van der Waals surface area contributed by atoms with Gasteiger partial charge in [-0.25, -0.2) is 0 Å². The van der Waals surface area contributed by atoms with Gasteiger partial charge < -0.3 is 15.3 Å². The SMILES string of the molecule is CN(C)CC(C)(O)CNCc1cccc(C(F)(F)F)c1. The second-order valence-corrected chi connectivity index (χ2v) is 5.54. The first-order valence-corrected chi connectivity index (χ1v) is 6.34. The van der Waals surface area contributed by atoms with E-state index in [4.69, 9.17) is 0 Å². The summed E-state index contributed by atoms with van der Waals surface area (Å²) in [6.07, 6.45) is -4.33. The van der Waals surface area contributed by atoms with Gasteiger partial charge in [0, 0.05) is 19.6 Å². The van der Waals surface area contributed by atoms with Crippen LogP contribution in [0.15, 0.2) is 24.3 Å². The summed E-state index contributed by atoms with van der Waals surface area (Å²) in [5, 5.41) is 13.0. The molecule has 0 saturated heterocycles. The maximum Gasteiger partial charge on any atom is 0.416 e. The molecule has 2 N–H and O–H groups in total. The highest BCUT2D eigenvalue weighted by Gasteiger charge is 2.30. The van der Waals surface area contributed by atoms with Gasteiger partial charge in [0.05, 0.1) is 11.2 Å². The molecule has 0 amide bonds. The molecule has 0 aliphatic rings. The first-order valence-electron chi connectivity index (χ1n) is 6.34. The molecule has 6 heteroatoms. The molecule has 0 fully saturated rings. The Morgan fingerprint density at radius 3 is 2.45 bits per heavy atom. The molecule has 1 aromatic rings. The molecule has 0 heterocycles. The van der Waals surface area contributed by atoms with Crippen molar-refractivity contribution in [1.82, 2.24) is 10.2 Å². The van der Waals surface area contributed by atoms with Gasteiger partial charge in [0.15, 0.2) is 0 Å². The van der Waals surface area contributed by atoms with Crippen molar-refractivity contribution in [3.8, 4) is 0 Å². The second-order valence-electron chi connectivity index (χ2n) is 5.54. The average Bonchev–Trinajstić information content (AvgIpc) is 2.26. The van der Waals surface area contributed by atoms with Crippen LogP contribution < -0.4 is 5.32 Å². The summed E-state index contributed by atoms with van der Waals surface area (Å²) in [7, 11) is 3.70. The predicted molar refractivity (Wildman–Crippen MR) is 72.3 cm³/mol. The van der Waals surface area contributed by atoms with Crippen LogP contribution in [-0.4, -0.2) is 42.8 Å². The van der Waals surface area contributed by atoms with E-state index in [9.17, 15) is 18.3 Å². The summed E-state index contributed by atoms with van der Waals surface area (Å²) in [4.78, 5) is 1.85. The van der Waals surface area contributed by atoms with E-state index in [0.717, 1.165) is 12.1 Å². The van der Waals surface area contributed by atoms with Crippen LogP contribution >= 0.6 is 0 Å². The van der Waals surface area contributed by atoms with Crippen LogP contribution in [-0.2, 0) is 12.7 Å². The lowest BCUT2D eigenvalue weighted by Gasteiger charge is -2.27. The van der Waals surface area contributed by atoms with E-state index in [1.54, 1.807) is 13.0 Å². The molecule has 1 unspecified atom stereocenters. The van der Waals surface area contributed by atoms with Crippen LogP contribution in [0.2, 0.25) is 0 Å². The molecular formula is C14H21F3N2O. The molecule has 114 valence electrons. The molecule has 1 atom stereocenters. The summed E-state index contributed by atoms with van der Waals surface area (Å²) in [6, 6.07) is 5.18. The number of nitrogens with one attached hydrogen (secondary N) is 1. The number of benzene rings is 1. The zero-order valence-corrected chi connectivity index (χ0v) is 12.0. The van der Waals surface area contributed by atoms with Gasteiger partial charge in [0.25, 0.3) is 0 Å². The van der Waals surface area contributed by atoms with Crippen LogP contribution in [0, 0.1) is 0 Å². The van der Waals surface area contributed by atoms with Gasteiger partial charge in [-0.2, -0.15) is 13.2 Å². The number of aliphatic hydroxyl groups is 1. The Bertz CT molecular complexity index is 431. The Labute approximate surface area is 117 Å². The van der Waals surface area contributed by atoms with Gasteiger partial charge in [-0.05, 0) is 32.6 Å². The van der Waals surface area contributed by atoms with Crippen molar-refractivity contribution >= 4 is 0 Å². The lowest BCUT2D eigenvalue weighted by molar-refractivity contribution is -0.137. The third-order valence-corrected chi connectivity index (χ3v) is 2.75. The minimum absolute atomic E-state index is 0.285. The first-order chi connectivity index (χ1) is 9.10. The van der Waals surface area contributed by atoms with Gasteiger partial charge in [-0.1, -0.05) is 18.2 Å². The van der Waals surface area contributed by atoms with Gasteiger partial charge in [-0.15, -0.1) is 0 Å². The summed E-state index contributed by atoms with van der Waals surface area (Å²) < 4.78 is 37.7. The molecule has 3 nitrogen and oxygen atoms in total. The van der Waals surface area contributed by atoms with Gasteiger partial charge in [0.1, 0.15) is 0 Å². The standard InChI is InChI=1S/C14H21F3N2O/c1-13(20,10-19(2)3)9-18-8-11-5-4-6-12(7-11)14(15,16)17/h4-7,18,20H,8-10H2,1-3H3. The maximum absolute atomic E-state index is 12.6. The first kappa shape index (κ1) is 16.9. The van der Waals surface area contributed by atoms with Crippen LogP contribution in [0.4, 0.5) is 13.2 Å². The smallest absolute Gasteiger partial charge is 0.388 e. The monoisotopic (exact) mass is 290 g/mol. The number of hydrogen-bond acceptors (Lipinski definition) is 3. The van der Waals surface area contributed by atoms with Crippen LogP contribution in [0.5, 0.6) is 0 Å². The number of hydrogen-bond donors (Lipinski definition) is 2. The number of nitrogens with zero attached hydrogens (tertiary/aromatic N) is 1. The Morgan fingerprint density at radius 2 is 1.90 bits per heavy atom. The Morgan fingerprint density at radius 1 is 1.25 bits per heavy atom. The van der Waals surface area contributed by atoms with E-state index in [2.05, 4.69) is 5.32 Å². The van der Waals surface area contributed by atoms with Gasteiger partial charge >= 0.3 is 6.18 Å². The summed E-state index contributed by atoms with van der Waals surface area (Å²) in [6.45, 7) is 2.75. The molecule has 0 aliphatic heterocycles. The summed E-state index contributed by atoms with van der Waals surface area (Å²) >= 11 is 0. The van der Waals surface area contributed by atoms with Crippen molar-refractivity contribution in [2.75, 3.05) is 27.2 Å². The van der Waals surface area contributed by atoms with Crippen LogP contribution in [0.25, 0.3) is 0 Å². The minimum Gasteiger partial charge on any atom is -0.388 e. The number of rotatable bonds is 6. The zero-order chi connectivity index (χ0) is 15.4. The quantitative estimate of drug-likeness (QED) is 0.842. The number of halogens is 3. The van der Waals surface area contributed by atoms with E-state index in [1.165, 1.54) is 6.07 Å². The molecule has 0 saturated carbocycles. The highest BCUT2D eigenvalue weighted by molar-refractivity contribution is 5.25. The molecule has 1 rings (SSSR count). The lowest BCUT2D eigenvalue weighted by atomic mass is 10.1. The average molecular weight is 290 g/mol. The van der Waals surface area contributed by atoms with Gasteiger partial charge in [-0.3, -0.25) is 0 Å². The van der Waals surface area contributed by atoms with Gasteiger partial charge in [0.2, 0.25) is 0 Å². The van der Waals surface area contributed by atoms with E-state index in [0.29, 0.717) is 18.7 Å². The fourth-order valence-corrected chi connectivity index (χ4v) is 2.07. The molecule has 0 spiro atoms. The molecule has 0 aromatic heterocycles. The van der Waals surface area contributed by atoms with Crippen molar-refractivity contribution in [3.63, 3.8) is 0 Å². The van der Waals surface area contributed by atoms with Crippen molar-refractivity contribution in [2.24, 2.45) is 0 Å². The molecular weight excluding hydrogens is 269 g/mol. The van der Waals surface area contributed by atoms with E-state index in [1.807, 2.05) is 19.0 Å². The summed E-state index contributed by atoms with van der Waals surface area (Å²) in [5.74, 6) is 0. The van der Waals surface area contributed by atoms with E-state index in [-0.39, 0.29) is 6.54 Å². The number of alkyl halides is 3. The predicted octanol–water partition coefficient (Wildman–Crippen LogP) is 2.11. The van der Waals surface area contributed by atoms with Crippen molar-refractivity contribution in [2.45, 2.75) is 25.2 Å². The summed E-state index contributed by atoms with van der Waals surface area (Å²) in [5.41, 5.74) is -1.04. The van der Waals surface area contributed by atoms with E-state index >= 15 is 0 Å². The largest absolute Gasteiger partial charge is 0.416 e. The highest BCUT2D eigenvalue weighted by Crippen LogP contribution is 2.29.